The Morgan fingerprint density at radius 3 is 2.52 bits per heavy atom. The monoisotopic (exact) mass is 386 g/mol. The van der Waals surface area contributed by atoms with Gasteiger partial charge in [-0.3, -0.25) is 4.79 Å². The van der Waals surface area contributed by atoms with Crippen molar-refractivity contribution >= 4 is 32.3 Å². The number of pyridine rings is 1. The summed E-state index contributed by atoms with van der Waals surface area (Å²) in [4.78, 5) is 14.9. The highest BCUT2D eigenvalue weighted by atomic mass is 32.1. The third-order valence-electron chi connectivity index (χ3n) is 4.68. The second-order valence-corrected chi connectivity index (χ2v) is 7.35. The molecule has 27 heavy (non-hydrogen) atoms. The van der Waals surface area contributed by atoms with Gasteiger partial charge in [0.2, 0.25) is 0 Å². The molecular formula is C20H16F2N2O2S. The van der Waals surface area contributed by atoms with E-state index in [1.165, 1.54) is 11.3 Å². The molecule has 0 aliphatic carbocycles. The van der Waals surface area contributed by atoms with Crippen LogP contribution < -0.4 is 11.3 Å². The first-order chi connectivity index (χ1) is 12.9. The van der Waals surface area contributed by atoms with Gasteiger partial charge in [-0.2, -0.15) is 0 Å². The molecular weight excluding hydrogens is 370 g/mol. The molecule has 2 heterocycles. The number of H-pyrrole nitrogens is 1. The van der Waals surface area contributed by atoms with Crippen LogP contribution in [0.5, 0.6) is 5.75 Å². The first-order valence-electron chi connectivity index (χ1n) is 8.31. The van der Waals surface area contributed by atoms with E-state index in [2.05, 4.69) is 4.98 Å². The number of aromatic amines is 1. The molecule has 0 saturated carbocycles. The summed E-state index contributed by atoms with van der Waals surface area (Å²) in [6, 6.07) is 9.84. The van der Waals surface area contributed by atoms with Crippen LogP contribution in [0, 0.1) is 0 Å². The van der Waals surface area contributed by atoms with E-state index in [0.717, 1.165) is 11.6 Å². The number of thiophene rings is 1. The van der Waals surface area contributed by atoms with Crippen LogP contribution in [-0.2, 0) is 0 Å². The molecule has 0 fully saturated rings. The summed E-state index contributed by atoms with van der Waals surface area (Å²) >= 11 is 1.23. The second-order valence-electron chi connectivity index (χ2n) is 6.44. The molecule has 2 aromatic heterocycles. The molecule has 1 unspecified atom stereocenters. The number of fused-ring (bicyclic) bond motifs is 3. The Hall–Kier alpha value is -2.77. The number of phenols is 1. The number of nitrogens with one attached hydrogen (secondary N) is 1. The molecule has 0 spiro atoms. The quantitative estimate of drug-likeness (QED) is 0.460. The fourth-order valence-corrected chi connectivity index (χ4v) is 4.16. The summed E-state index contributed by atoms with van der Waals surface area (Å²) in [5.41, 5.74) is 7.09. The minimum Gasteiger partial charge on any atom is -0.507 e. The van der Waals surface area contributed by atoms with E-state index in [1.54, 1.807) is 23.6 Å². The average molecular weight is 386 g/mol. The van der Waals surface area contributed by atoms with E-state index in [1.807, 2.05) is 19.1 Å². The van der Waals surface area contributed by atoms with E-state index in [4.69, 9.17) is 5.73 Å². The van der Waals surface area contributed by atoms with Gasteiger partial charge in [-0.05, 0) is 35.6 Å². The Balaban J connectivity index is 2.14. The SMILES string of the molecule is CC(N)c1ccc(-c2c(O)cc(C(F)F)c3[nH]c(=O)c4sccc4c23)cc1. The topological polar surface area (TPSA) is 79.1 Å². The molecule has 4 aromatic rings. The third kappa shape index (κ3) is 2.79. The van der Waals surface area contributed by atoms with Crippen molar-refractivity contribution in [3.8, 4) is 16.9 Å². The van der Waals surface area contributed by atoms with Gasteiger partial charge in [-0.25, -0.2) is 8.78 Å². The highest BCUT2D eigenvalue weighted by molar-refractivity contribution is 7.17. The Labute approximate surface area is 156 Å². The Morgan fingerprint density at radius 1 is 1.19 bits per heavy atom. The number of benzene rings is 2. The summed E-state index contributed by atoms with van der Waals surface area (Å²) < 4.78 is 27.6. The molecule has 2 aromatic carbocycles. The fourth-order valence-electron chi connectivity index (χ4n) is 3.36. The number of hydrogen-bond acceptors (Lipinski definition) is 4. The summed E-state index contributed by atoms with van der Waals surface area (Å²) in [6.07, 6.45) is -2.83. The zero-order chi connectivity index (χ0) is 19.3. The van der Waals surface area contributed by atoms with Gasteiger partial charge in [-0.15, -0.1) is 11.3 Å². The lowest BCUT2D eigenvalue weighted by molar-refractivity contribution is 0.152. The van der Waals surface area contributed by atoms with E-state index >= 15 is 0 Å². The number of aromatic nitrogens is 1. The summed E-state index contributed by atoms with van der Waals surface area (Å²) in [7, 11) is 0. The minimum atomic E-state index is -2.83. The predicted molar refractivity (Wildman–Crippen MR) is 105 cm³/mol. The van der Waals surface area contributed by atoms with Crippen LogP contribution in [0.1, 0.15) is 30.5 Å². The second kappa shape index (κ2) is 6.44. The van der Waals surface area contributed by atoms with Crippen LogP contribution in [0.3, 0.4) is 0 Å². The lowest BCUT2D eigenvalue weighted by atomic mass is 9.93. The Kier molecular flexibility index (Phi) is 4.20. The first kappa shape index (κ1) is 17.6. The van der Waals surface area contributed by atoms with Crippen molar-refractivity contribution in [1.29, 1.82) is 0 Å². The molecule has 0 aliphatic rings. The molecule has 4 N–H and O–H groups in total. The highest BCUT2D eigenvalue weighted by Gasteiger charge is 2.22. The minimum absolute atomic E-state index is 0.0463. The van der Waals surface area contributed by atoms with Gasteiger partial charge in [0.15, 0.2) is 0 Å². The van der Waals surface area contributed by atoms with Gasteiger partial charge in [0.1, 0.15) is 10.4 Å². The van der Waals surface area contributed by atoms with E-state index in [-0.39, 0.29) is 17.3 Å². The van der Waals surface area contributed by atoms with Crippen LogP contribution in [0.25, 0.3) is 32.1 Å². The van der Waals surface area contributed by atoms with Crippen molar-refractivity contribution in [3.05, 3.63) is 63.3 Å². The number of rotatable bonds is 3. The average Bonchev–Trinajstić information content (AvgIpc) is 3.12. The maximum atomic E-state index is 13.6. The van der Waals surface area contributed by atoms with Crippen molar-refractivity contribution in [2.24, 2.45) is 5.73 Å². The van der Waals surface area contributed by atoms with Crippen molar-refractivity contribution in [2.75, 3.05) is 0 Å². The molecule has 0 aliphatic heterocycles. The zero-order valence-corrected chi connectivity index (χ0v) is 15.1. The zero-order valence-electron chi connectivity index (χ0n) is 14.3. The molecule has 0 amide bonds. The lowest BCUT2D eigenvalue weighted by Gasteiger charge is -2.15. The number of alkyl halides is 2. The van der Waals surface area contributed by atoms with Gasteiger partial charge in [0.25, 0.3) is 12.0 Å². The van der Waals surface area contributed by atoms with Gasteiger partial charge >= 0.3 is 0 Å². The standard InChI is InChI=1S/C20H16F2N2O2S/c1-9(23)10-2-4-11(5-3-10)15-14(25)8-13(19(21)22)17-16(15)12-6-7-27-18(12)20(26)24-17/h2-9,19,25H,23H2,1H3,(H,24,26). The molecule has 4 nitrogen and oxygen atoms in total. The smallest absolute Gasteiger partial charge is 0.266 e. The van der Waals surface area contributed by atoms with Crippen molar-refractivity contribution in [3.63, 3.8) is 0 Å². The summed E-state index contributed by atoms with van der Waals surface area (Å²) in [5, 5.41) is 13.3. The van der Waals surface area contributed by atoms with Crippen molar-refractivity contribution < 1.29 is 13.9 Å². The molecule has 138 valence electrons. The van der Waals surface area contributed by atoms with Crippen molar-refractivity contribution in [1.82, 2.24) is 4.98 Å². The number of phenolic OH excluding ortho intramolecular Hbond substituents is 1. The van der Waals surface area contributed by atoms with Gasteiger partial charge in [-0.1, -0.05) is 24.3 Å². The molecule has 0 radical (unpaired) electrons. The van der Waals surface area contributed by atoms with E-state index in [0.29, 0.717) is 26.6 Å². The van der Waals surface area contributed by atoms with Crippen LogP contribution in [0.15, 0.2) is 46.6 Å². The number of halogens is 2. The Morgan fingerprint density at radius 2 is 1.89 bits per heavy atom. The van der Waals surface area contributed by atoms with Gasteiger partial charge in [0.05, 0.1) is 5.52 Å². The predicted octanol–water partition coefficient (Wildman–Crippen LogP) is 5.07. The third-order valence-corrected chi connectivity index (χ3v) is 5.59. The summed E-state index contributed by atoms with van der Waals surface area (Å²) in [6.45, 7) is 1.86. The highest BCUT2D eigenvalue weighted by Crippen LogP contribution is 2.43. The molecule has 1 atom stereocenters. The molecule has 7 heteroatoms. The van der Waals surface area contributed by atoms with Crippen LogP contribution in [0.2, 0.25) is 0 Å². The van der Waals surface area contributed by atoms with Crippen LogP contribution in [0.4, 0.5) is 8.78 Å². The molecule has 0 saturated heterocycles. The summed E-state index contributed by atoms with van der Waals surface area (Å²) in [5.74, 6) is -0.258. The van der Waals surface area contributed by atoms with Crippen LogP contribution in [-0.4, -0.2) is 10.1 Å². The maximum Gasteiger partial charge on any atom is 0.266 e. The van der Waals surface area contributed by atoms with E-state index < -0.39 is 17.5 Å². The molecule has 0 bridgehead atoms. The van der Waals surface area contributed by atoms with Crippen molar-refractivity contribution in [2.45, 2.75) is 19.4 Å². The van der Waals surface area contributed by atoms with E-state index in [9.17, 15) is 18.7 Å². The number of aromatic hydroxyl groups is 1. The van der Waals surface area contributed by atoms with Crippen LogP contribution >= 0.6 is 11.3 Å². The van der Waals surface area contributed by atoms with Gasteiger partial charge in [0, 0.05) is 27.9 Å². The van der Waals surface area contributed by atoms with Gasteiger partial charge < -0.3 is 15.8 Å². The Bertz CT molecular complexity index is 1210. The normalized spacial score (nSPS) is 12.9. The maximum absolute atomic E-state index is 13.6. The molecule has 4 rings (SSSR count). The largest absolute Gasteiger partial charge is 0.507 e. The first-order valence-corrected chi connectivity index (χ1v) is 9.19. The lowest BCUT2D eigenvalue weighted by Crippen LogP contribution is -2.07. The number of hydrogen-bond donors (Lipinski definition) is 3. The number of nitrogens with two attached hydrogens (primary N) is 1. The fraction of sp³-hybridized carbons (Fsp3) is 0.150.